The van der Waals surface area contributed by atoms with Crippen LogP contribution in [0.5, 0.6) is 0 Å². The first-order chi connectivity index (χ1) is 4.97. The Morgan fingerprint density at radius 2 is 2.60 bits per heavy atom. The number of furan rings is 1. The quantitative estimate of drug-likeness (QED) is 0.637. The largest absolute Gasteiger partial charge is 0.472 e. The summed E-state index contributed by atoms with van der Waals surface area (Å²) >= 11 is 0. The van der Waals surface area contributed by atoms with Crippen LogP contribution in [-0.4, -0.2) is 6.54 Å². The fourth-order valence-electron chi connectivity index (χ4n) is 1.44. The van der Waals surface area contributed by atoms with Crippen LogP contribution in [0.2, 0.25) is 0 Å². The molecular formula is C8H11NO. The van der Waals surface area contributed by atoms with E-state index in [1.807, 2.05) is 12.3 Å². The molecule has 1 aliphatic rings. The molecule has 2 rings (SSSR count). The molecule has 0 amide bonds. The molecule has 1 aromatic rings. The monoisotopic (exact) mass is 137 g/mol. The highest BCUT2D eigenvalue weighted by Gasteiger charge is 2.16. The molecule has 0 spiro atoms. The summed E-state index contributed by atoms with van der Waals surface area (Å²) in [5.41, 5.74) is 1.29. The van der Waals surface area contributed by atoms with E-state index < -0.39 is 0 Å². The van der Waals surface area contributed by atoms with Gasteiger partial charge in [0.15, 0.2) is 0 Å². The van der Waals surface area contributed by atoms with Crippen molar-refractivity contribution in [1.29, 1.82) is 0 Å². The van der Waals surface area contributed by atoms with Crippen molar-refractivity contribution in [2.24, 2.45) is 0 Å². The summed E-state index contributed by atoms with van der Waals surface area (Å²) in [6, 6.07) is 2.59. The molecule has 2 heterocycles. The average Bonchev–Trinajstić information content (AvgIpc) is 2.59. The van der Waals surface area contributed by atoms with E-state index in [2.05, 4.69) is 5.32 Å². The van der Waals surface area contributed by atoms with Gasteiger partial charge in [-0.3, -0.25) is 0 Å². The van der Waals surface area contributed by atoms with Crippen LogP contribution in [0.25, 0.3) is 0 Å². The third-order valence-electron chi connectivity index (χ3n) is 2.01. The van der Waals surface area contributed by atoms with Crippen molar-refractivity contribution in [2.45, 2.75) is 18.9 Å². The maximum atomic E-state index is 4.99. The fraction of sp³-hybridized carbons (Fsp3) is 0.500. The van der Waals surface area contributed by atoms with Crippen molar-refractivity contribution < 1.29 is 4.42 Å². The molecule has 0 saturated carbocycles. The van der Waals surface area contributed by atoms with E-state index in [1.165, 1.54) is 18.4 Å². The van der Waals surface area contributed by atoms with Gasteiger partial charge in [-0.25, -0.2) is 0 Å². The van der Waals surface area contributed by atoms with Crippen molar-refractivity contribution in [3.63, 3.8) is 0 Å². The summed E-state index contributed by atoms with van der Waals surface area (Å²) in [4.78, 5) is 0. The van der Waals surface area contributed by atoms with Gasteiger partial charge in [0, 0.05) is 11.6 Å². The molecule has 2 nitrogen and oxygen atoms in total. The van der Waals surface area contributed by atoms with Gasteiger partial charge in [-0.1, -0.05) is 0 Å². The van der Waals surface area contributed by atoms with Crippen LogP contribution in [0.1, 0.15) is 24.4 Å². The van der Waals surface area contributed by atoms with E-state index in [4.69, 9.17) is 4.42 Å². The van der Waals surface area contributed by atoms with Crippen LogP contribution in [0.3, 0.4) is 0 Å². The second-order valence-electron chi connectivity index (χ2n) is 2.71. The first kappa shape index (κ1) is 5.98. The number of nitrogens with one attached hydrogen (secondary N) is 1. The highest BCUT2D eigenvalue weighted by atomic mass is 16.3. The second kappa shape index (κ2) is 2.46. The van der Waals surface area contributed by atoms with Crippen molar-refractivity contribution in [1.82, 2.24) is 5.32 Å². The van der Waals surface area contributed by atoms with Crippen LogP contribution in [-0.2, 0) is 0 Å². The van der Waals surface area contributed by atoms with Gasteiger partial charge < -0.3 is 9.73 Å². The Kier molecular flexibility index (Phi) is 1.47. The first-order valence-corrected chi connectivity index (χ1v) is 3.72. The van der Waals surface area contributed by atoms with E-state index >= 15 is 0 Å². The van der Waals surface area contributed by atoms with Gasteiger partial charge in [-0.15, -0.1) is 0 Å². The Morgan fingerprint density at radius 3 is 3.20 bits per heavy atom. The second-order valence-corrected chi connectivity index (χ2v) is 2.71. The van der Waals surface area contributed by atoms with Gasteiger partial charge in [0.25, 0.3) is 0 Å². The Balaban J connectivity index is 2.12. The summed E-state index contributed by atoms with van der Waals surface area (Å²) in [5, 5.41) is 3.40. The van der Waals surface area contributed by atoms with Gasteiger partial charge in [0.05, 0.1) is 12.5 Å². The molecule has 1 unspecified atom stereocenters. The van der Waals surface area contributed by atoms with E-state index in [-0.39, 0.29) is 0 Å². The predicted octanol–water partition coefficient (Wildman–Crippen LogP) is 1.70. The van der Waals surface area contributed by atoms with E-state index in [1.54, 1.807) is 6.26 Å². The highest BCUT2D eigenvalue weighted by molar-refractivity contribution is 5.12. The van der Waals surface area contributed by atoms with Gasteiger partial charge in [-0.05, 0) is 25.5 Å². The molecule has 54 valence electrons. The summed E-state index contributed by atoms with van der Waals surface area (Å²) < 4.78 is 4.99. The maximum absolute atomic E-state index is 4.99. The van der Waals surface area contributed by atoms with Crippen LogP contribution in [0.4, 0.5) is 0 Å². The Hall–Kier alpha value is -0.760. The van der Waals surface area contributed by atoms with E-state index in [0.29, 0.717) is 6.04 Å². The third kappa shape index (κ3) is 0.948. The van der Waals surface area contributed by atoms with Crippen LogP contribution in [0.15, 0.2) is 23.0 Å². The molecule has 1 aliphatic heterocycles. The topological polar surface area (TPSA) is 25.2 Å². The molecule has 1 atom stereocenters. The molecule has 0 aromatic carbocycles. The molecule has 1 aromatic heterocycles. The van der Waals surface area contributed by atoms with Crippen LogP contribution >= 0.6 is 0 Å². The minimum Gasteiger partial charge on any atom is -0.472 e. The van der Waals surface area contributed by atoms with Crippen molar-refractivity contribution in [3.8, 4) is 0 Å². The zero-order valence-electron chi connectivity index (χ0n) is 5.84. The van der Waals surface area contributed by atoms with Gasteiger partial charge in [-0.2, -0.15) is 0 Å². The van der Waals surface area contributed by atoms with Crippen molar-refractivity contribution >= 4 is 0 Å². The molecule has 2 heteroatoms. The summed E-state index contributed by atoms with van der Waals surface area (Å²) in [6.07, 6.45) is 6.09. The normalized spacial score (nSPS) is 25.4. The smallest absolute Gasteiger partial charge is 0.0950 e. The predicted molar refractivity (Wildman–Crippen MR) is 38.7 cm³/mol. The summed E-state index contributed by atoms with van der Waals surface area (Å²) in [5.74, 6) is 0. The lowest BCUT2D eigenvalue weighted by Gasteiger charge is -2.04. The SMILES string of the molecule is c1cc(C2CCCN2)co1. The highest BCUT2D eigenvalue weighted by Crippen LogP contribution is 2.22. The zero-order valence-corrected chi connectivity index (χ0v) is 5.84. The van der Waals surface area contributed by atoms with E-state index in [9.17, 15) is 0 Å². The van der Waals surface area contributed by atoms with Gasteiger partial charge >= 0.3 is 0 Å². The van der Waals surface area contributed by atoms with Crippen LogP contribution < -0.4 is 5.32 Å². The lowest BCUT2D eigenvalue weighted by Crippen LogP contribution is -2.11. The number of hydrogen-bond acceptors (Lipinski definition) is 2. The molecule has 1 N–H and O–H groups in total. The van der Waals surface area contributed by atoms with E-state index in [0.717, 1.165) is 6.54 Å². The fourth-order valence-corrected chi connectivity index (χ4v) is 1.44. The molecule has 0 bridgehead atoms. The standard InChI is InChI=1S/C8H11NO/c1-2-8(9-4-1)7-3-5-10-6-7/h3,5-6,8-9H,1-2,4H2. The first-order valence-electron chi connectivity index (χ1n) is 3.72. The van der Waals surface area contributed by atoms with Crippen molar-refractivity contribution in [3.05, 3.63) is 24.2 Å². The van der Waals surface area contributed by atoms with Gasteiger partial charge in [0.2, 0.25) is 0 Å². The molecular weight excluding hydrogens is 126 g/mol. The van der Waals surface area contributed by atoms with Crippen molar-refractivity contribution in [2.75, 3.05) is 6.54 Å². The molecule has 10 heavy (non-hydrogen) atoms. The third-order valence-corrected chi connectivity index (χ3v) is 2.01. The molecule has 0 radical (unpaired) electrons. The molecule has 0 aliphatic carbocycles. The minimum absolute atomic E-state index is 0.554. The summed E-state index contributed by atoms with van der Waals surface area (Å²) in [7, 11) is 0. The number of hydrogen-bond donors (Lipinski definition) is 1. The molecule has 1 fully saturated rings. The Labute approximate surface area is 60.2 Å². The van der Waals surface area contributed by atoms with Crippen LogP contribution in [0, 0.1) is 0 Å². The Morgan fingerprint density at radius 1 is 1.60 bits per heavy atom. The maximum Gasteiger partial charge on any atom is 0.0950 e. The lowest BCUT2D eigenvalue weighted by atomic mass is 10.1. The average molecular weight is 137 g/mol. The molecule has 1 saturated heterocycles. The summed E-state index contributed by atoms with van der Waals surface area (Å²) in [6.45, 7) is 1.15. The van der Waals surface area contributed by atoms with Gasteiger partial charge in [0.1, 0.15) is 0 Å². The minimum atomic E-state index is 0.554. The number of rotatable bonds is 1. The zero-order chi connectivity index (χ0) is 6.81. The lowest BCUT2D eigenvalue weighted by molar-refractivity contribution is 0.553. The Bertz CT molecular complexity index is 187.